The maximum absolute atomic E-state index is 14.1. The molecule has 0 saturated carbocycles. The number of imidazole rings is 1. The number of benzene rings is 2. The minimum atomic E-state index is -1.47. The first-order valence-corrected chi connectivity index (χ1v) is 36.7. The monoisotopic (exact) mass is 1550 g/mol. The summed E-state index contributed by atoms with van der Waals surface area (Å²) in [6.45, 7) is 8.20. The number of carbonyl (C=O) groups is 16. The molecule has 2 aromatic carbocycles. The predicted octanol–water partition coefficient (Wildman–Crippen LogP) is -1.22. The van der Waals surface area contributed by atoms with Gasteiger partial charge in [0.15, 0.2) is 0 Å². The number of rotatable bonds is 44. The highest BCUT2D eigenvalue weighted by Gasteiger charge is 2.46. The number of thioether (sulfide) groups is 1. The molecule has 3 heterocycles. The Morgan fingerprint density at radius 3 is 1.74 bits per heavy atom. The van der Waals surface area contributed by atoms with E-state index in [1.165, 1.54) is 48.0 Å². The quantitative estimate of drug-likeness (QED) is 0.0247. The number of carboxylic acids is 4. The van der Waals surface area contributed by atoms with E-state index in [0.29, 0.717) is 36.0 Å². The second-order valence-corrected chi connectivity index (χ2v) is 28.5. The smallest absolute Gasteiger partial charge is 0.317 e. The summed E-state index contributed by atoms with van der Waals surface area (Å²) < 4.78 is 0. The summed E-state index contributed by atoms with van der Waals surface area (Å²) in [6, 6.07) is 5.71. The molecule has 1 aliphatic heterocycles. The number of nitrogens with zero attached hydrogens (tertiary/aromatic N) is 3. The zero-order valence-electron chi connectivity index (χ0n) is 62.3. The van der Waals surface area contributed by atoms with Crippen molar-refractivity contribution in [1.82, 2.24) is 72.6 Å². The molecule has 38 heteroatoms. The number of likely N-dealkylation sites (N-methyl/N-ethyl adjacent to an activating group) is 1. The molecule has 20 N–H and O–H groups in total. The number of anilines is 1. The molecule has 4 aromatic rings. The van der Waals surface area contributed by atoms with Crippen LogP contribution in [0, 0.1) is 29.1 Å². The van der Waals surface area contributed by atoms with Gasteiger partial charge < -0.3 is 95.0 Å². The third-order valence-corrected chi connectivity index (χ3v) is 18.5. The van der Waals surface area contributed by atoms with Crippen LogP contribution in [0.15, 0.2) is 67.3 Å². The summed E-state index contributed by atoms with van der Waals surface area (Å²) in [4.78, 5) is 216. The number of aliphatic carboxylic acids is 4. The number of nitrogens with two attached hydrogens (primary N) is 2. The van der Waals surface area contributed by atoms with Crippen molar-refractivity contribution in [1.29, 1.82) is 0 Å². The number of amides is 12. The molecular weight excluding hydrogens is 1440 g/mol. The van der Waals surface area contributed by atoms with E-state index in [1.807, 2.05) is 20.1 Å². The number of hydrogen-bond donors (Lipinski definition) is 18. The minimum absolute atomic E-state index is 0.0292. The highest BCUT2D eigenvalue weighted by Crippen LogP contribution is 2.41. The van der Waals surface area contributed by atoms with Crippen molar-refractivity contribution in [2.75, 3.05) is 76.7 Å². The summed E-state index contributed by atoms with van der Waals surface area (Å²) in [7, 11) is 1.39. The highest BCUT2D eigenvalue weighted by atomic mass is 32.2. The van der Waals surface area contributed by atoms with E-state index < -0.39 is 175 Å². The lowest BCUT2D eigenvalue weighted by molar-refractivity contribution is -0.146. The topological polar surface area (TPSA) is 577 Å². The van der Waals surface area contributed by atoms with E-state index in [9.17, 15) is 97.1 Å². The van der Waals surface area contributed by atoms with Crippen LogP contribution in [0.25, 0.3) is 10.9 Å². The molecule has 5 rings (SSSR count). The molecule has 109 heavy (non-hydrogen) atoms. The maximum Gasteiger partial charge on any atom is 0.317 e. The Balaban J connectivity index is 0.000000779. The van der Waals surface area contributed by atoms with Crippen molar-refractivity contribution in [3.05, 3.63) is 84.1 Å². The van der Waals surface area contributed by atoms with Crippen LogP contribution in [0.5, 0.6) is 0 Å². The van der Waals surface area contributed by atoms with Gasteiger partial charge in [0.1, 0.15) is 36.3 Å². The normalized spacial score (nSPS) is 14.7. The molecule has 0 aliphatic carbocycles. The van der Waals surface area contributed by atoms with E-state index in [1.54, 1.807) is 75.5 Å². The van der Waals surface area contributed by atoms with Crippen LogP contribution in [-0.2, 0) is 84.8 Å². The van der Waals surface area contributed by atoms with Gasteiger partial charge in [-0.05, 0) is 98.3 Å². The van der Waals surface area contributed by atoms with Crippen molar-refractivity contribution < 1.29 is 97.1 Å². The Bertz CT molecular complexity index is 3770. The summed E-state index contributed by atoms with van der Waals surface area (Å²) >= 11 is 1.57. The van der Waals surface area contributed by atoms with Gasteiger partial charge in [0.2, 0.25) is 65.0 Å². The molecule has 1 fully saturated rings. The van der Waals surface area contributed by atoms with Crippen molar-refractivity contribution in [2.45, 2.75) is 142 Å². The number of carboxylic acid groups (broad SMARTS) is 4. The van der Waals surface area contributed by atoms with Crippen LogP contribution in [0.3, 0.4) is 0 Å². The number of primary amides is 2. The number of para-hydroxylation sites is 1. The number of aromatic nitrogens is 3. The molecule has 1 saturated heterocycles. The highest BCUT2D eigenvalue weighted by molar-refractivity contribution is 7.98. The first-order chi connectivity index (χ1) is 51.4. The number of nitrogens with one attached hydrogen (secondary N) is 12. The summed E-state index contributed by atoms with van der Waals surface area (Å²) in [5.41, 5.74) is 11.7. The van der Waals surface area contributed by atoms with Crippen LogP contribution >= 0.6 is 11.8 Å². The molecular formula is C71H103N17O20S. The van der Waals surface area contributed by atoms with E-state index in [4.69, 9.17) is 11.5 Å². The molecule has 598 valence electrons. The second-order valence-electron chi connectivity index (χ2n) is 27.5. The fourth-order valence-electron chi connectivity index (χ4n) is 12.1. The van der Waals surface area contributed by atoms with Gasteiger partial charge in [-0.25, -0.2) is 4.98 Å². The van der Waals surface area contributed by atoms with Gasteiger partial charge in [-0.15, -0.1) is 0 Å². The lowest BCUT2D eigenvalue weighted by Crippen LogP contribution is -2.59. The van der Waals surface area contributed by atoms with Gasteiger partial charge in [0.25, 0.3) is 5.91 Å². The fourth-order valence-corrected chi connectivity index (χ4v) is 12.6. The SMILES string of the molecule is CNC(=O)CNC(=O)[C@@H](NC(=O)[C@H](C)NC(=O)[C@H](Cc1c[nH]c2ccccc12)NC(=O)[C@H](CCC(N)=O)NC(=O)c1ccc(NC(=O)CNC(=O)CCC2(C(CC(=O)O)CC(=O)O)CN(CC(=O)O)CCN(CC(=O)O)C2)cc1)C(C)C.CSCC[C@H](NC(=O)[C@H](CC(C)C)NC(=O)C(C)Cc1cnc[nH]1)C(N)=O. The van der Waals surface area contributed by atoms with E-state index in [0.717, 1.165) is 11.2 Å². The van der Waals surface area contributed by atoms with Crippen LogP contribution in [0.1, 0.15) is 115 Å². The summed E-state index contributed by atoms with van der Waals surface area (Å²) in [5, 5.41) is 65.1. The standard InChI is InChI=1S/C53H72N12O17.C18H31N5O3S/c1-29(2)47(52(82)58-23-41(68)55-4)63-48(78)30(3)59-51(81)38(19-32-22-56-36-8-6-5-7-35(32)36)62-50(80)37(13-14-39(54)66)61-49(79)31-9-11-34(12-10-31)60-42(69)24-57-40(67)15-16-53(33(20-43(70)71)21-44(72)73)27-64(25-45(74)75)17-18-65(28-53)26-46(76)77;1-11(2)7-15(18(26)22-14(16(19)24)5-6-27-4)23-17(25)12(3)8-13-9-20-10-21-13/h5-12,22,29-30,33,37-38,47,56H,13-21,23-28H2,1-4H3,(H2,54,66)(H,55,68)(H,57,67)(H,58,82)(H,59,81)(H,60,69)(H,61,79)(H,62,80)(H,63,78)(H,70,71)(H,72,73)(H,74,75)(H,76,77);9-12,14-15H,5-8H2,1-4H3,(H2,19,24)(H,20,21)(H,22,26)(H,23,25)/t30-,37-,38-,47-;12?,14-,15-/m00/s1. The van der Waals surface area contributed by atoms with Crippen LogP contribution < -0.4 is 64.6 Å². The van der Waals surface area contributed by atoms with Crippen molar-refractivity contribution >= 4 is 123 Å². The Kier molecular flexibility index (Phi) is 37.3. The Labute approximate surface area is 633 Å². The fraction of sp³-hybridized carbons (Fsp3) is 0.535. The minimum Gasteiger partial charge on any atom is -0.481 e. The predicted molar refractivity (Wildman–Crippen MR) is 398 cm³/mol. The average Bonchev–Trinajstić information content (AvgIpc) is 1.77. The maximum atomic E-state index is 14.1. The molecule has 1 aliphatic rings. The molecule has 0 bridgehead atoms. The first kappa shape index (κ1) is 90.4. The number of aromatic amines is 2. The van der Waals surface area contributed by atoms with Crippen LogP contribution in [0.2, 0.25) is 0 Å². The van der Waals surface area contributed by atoms with Gasteiger partial charge in [-0.1, -0.05) is 52.8 Å². The molecule has 0 radical (unpaired) electrons. The molecule has 37 nitrogen and oxygen atoms in total. The average molecular weight is 1550 g/mol. The molecule has 2 aromatic heterocycles. The third kappa shape index (κ3) is 31.8. The molecule has 12 amide bonds. The van der Waals surface area contributed by atoms with Crippen molar-refractivity contribution in [3.8, 4) is 0 Å². The Morgan fingerprint density at radius 1 is 0.606 bits per heavy atom. The van der Waals surface area contributed by atoms with Gasteiger partial charge in [-0.2, -0.15) is 11.8 Å². The van der Waals surface area contributed by atoms with Crippen molar-refractivity contribution in [2.24, 2.45) is 40.6 Å². The third-order valence-electron chi connectivity index (χ3n) is 17.8. The second kappa shape index (κ2) is 44.9. The summed E-state index contributed by atoms with van der Waals surface area (Å²) in [5.74, 6) is -14.1. The Morgan fingerprint density at radius 2 is 1.19 bits per heavy atom. The largest absolute Gasteiger partial charge is 0.481 e. The van der Waals surface area contributed by atoms with E-state index in [2.05, 4.69) is 68.1 Å². The molecule has 7 atom stereocenters. The summed E-state index contributed by atoms with van der Waals surface area (Å²) in [6.07, 6.45) is 5.43. The zero-order valence-corrected chi connectivity index (χ0v) is 63.1. The van der Waals surface area contributed by atoms with E-state index in [-0.39, 0.29) is 93.3 Å². The number of H-pyrrole nitrogens is 2. The van der Waals surface area contributed by atoms with Gasteiger partial charge >= 0.3 is 23.9 Å². The van der Waals surface area contributed by atoms with Gasteiger partial charge in [0.05, 0.1) is 32.5 Å². The van der Waals surface area contributed by atoms with Crippen LogP contribution in [-0.4, -0.2) is 248 Å². The first-order valence-electron chi connectivity index (χ1n) is 35.3. The number of fused-ring (bicyclic) bond motifs is 1. The lowest BCUT2D eigenvalue weighted by Gasteiger charge is -2.43. The van der Waals surface area contributed by atoms with Gasteiger partial charge in [-0.3, -0.25) is 86.5 Å². The van der Waals surface area contributed by atoms with E-state index >= 15 is 0 Å². The number of hydrogen-bond acceptors (Lipinski definition) is 20. The van der Waals surface area contributed by atoms with Gasteiger partial charge in [0, 0.05) is 123 Å². The zero-order chi connectivity index (χ0) is 81.2. The molecule has 1 unspecified atom stereocenters. The lowest BCUT2D eigenvalue weighted by atomic mass is 9.68. The number of carbonyl (C=O) groups excluding carboxylic acids is 12. The van der Waals surface area contributed by atoms with Crippen LogP contribution in [0.4, 0.5) is 5.69 Å². The Hall–Kier alpha value is -11.0. The van der Waals surface area contributed by atoms with Crippen molar-refractivity contribution in [3.63, 3.8) is 0 Å². The molecule has 0 spiro atoms.